The van der Waals surface area contributed by atoms with Crippen molar-refractivity contribution in [2.24, 2.45) is 0 Å². The van der Waals surface area contributed by atoms with E-state index in [0.717, 1.165) is 23.4 Å². The molecule has 0 unspecified atom stereocenters. The second-order valence-electron chi connectivity index (χ2n) is 6.54. The number of nitrogens with one attached hydrogen (secondary N) is 1. The predicted octanol–water partition coefficient (Wildman–Crippen LogP) is 6.09. The molecule has 0 aliphatic carbocycles. The minimum absolute atomic E-state index is 1.08. The van der Waals surface area contributed by atoms with Gasteiger partial charge >= 0.3 is 0 Å². The Hall–Kier alpha value is -2.52. The Bertz CT molecular complexity index is 1120. The zero-order valence-electron chi connectivity index (χ0n) is 14.0. The standard InChI is InChI=1S/C22H18N2S/c1-14-13-23-19-8-9-20-18(10-11-25-20)21(19)22(14)24-17-7-6-15-4-2-3-5-16(15)12-17/h2-9,12-13H,10-11H2,1H3,(H,23,24). The molecule has 4 aromatic rings. The first kappa shape index (κ1) is 14.8. The van der Waals surface area contributed by atoms with Gasteiger partial charge in [-0.1, -0.05) is 30.3 Å². The Kier molecular flexibility index (Phi) is 3.42. The number of nitrogens with zero attached hydrogens (tertiary/aromatic N) is 1. The van der Waals surface area contributed by atoms with Gasteiger partial charge in [-0.05, 0) is 59.5 Å². The molecule has 2 nitrogen and oxygen atoms in total. The molecule has 1 N–H and O–H groups in total. The first-order valence-corrected chi connectivity index (χ1v) is 9.58. The number of benzene rings is 3. The van der Waals surface area contributed by atoms with Crippen LogP contribution in [-0.2, 0) is 6.42 Å². The van der Waals surface area contributed by atoms with Crippen LogP contribution in [0.4, 0.5) is 11.4 Å². The van der Waals surface area contributed by atoms with Crippen molar-refractivity contribution in [1.29, 1.82) is 0 Å². The van der Waals surface area contributed by atoms with Gasteiger partial charge in [0.15, 0.2) is 0 Å². The summed E-state index contributed by atoms with van der Waals surface area (Å²) in [5.74, 6) is 1.16. The minimum atomic E-state index is 1.08. The van der Waals surface area contributed by atoms with Crippen molar-refractivity contribution in [3.63, 3.8) is 0 Å². The Morgan fingerprint density at radius 1 is 1.00 bits per heavy atom. The fourth-order valence-corrected chi connectivity index (χ4v) is 4.72. The van der Waals surface area contributed by atoms with Crippen molar-refractivity contribution in [3.8, 4) is 0 Å². The van der Waals surface area contributed by atoms with Crippen LogP contribution in [0.5, 0.6) is 0 Å². The lowest BCUT2D eigenvalue weighted by Crippen LogP contribution is -1.98. The van der Waals surface area contributed by atoms with Crippen LogP contribution in [-0.4, -0.2) is 10.7 Å². The molecule has 5 rings (SSSR count). The molecule has 0 fully saturated rings. The number of pyridine rings is 1. The van der Waals surface area contributed by atoms with E-state index in [2.05, 4.69) is 71.8 Å². The number of fused-ring (bicyclic) bond motifs is 4. The number of aromatic nitrogens is 1. The van der Waals surface area contributed by atoms with Gasteiger partial charge in [-0.15, -0.1) is 11.8 Å². The van der Waals surface area contributed by atoms with Crippen molar-refractivity contribution < 1.29 is 0 Å². The normalized spacial score (nSPS) is 13.3. The van der Waals surface area contributed by atoms with E-state index in [0.29, 0.717) is 0 Å². The van der Waals surface area contributed by atoms with Gasteiger partial charge in [0, 0.05) is 27.9 Å². The van der Waals surface area contributed by atoms with Crippen molar-refractivity contribution in [1.82, 2.24) is 4.98 Å². The van der Waals surface area contributed by atoms with Crippen LogP contribution in [0.25, 0.3) is 21.7 Å². The van der Waals surface area contributed by atoms with E-state index in [-0.39, 0.29) is 0 Å². The summed E-state index contributed by atoms with van der Waals surface area (Å²) in [4.78, 5) is 6.07. The van der Waals surface area contributed by atoms with E-state index in [1.165, 1.54) is 37.9 Å². The summed E-state index contributed by atoms with van der Waals surface area (Å²) in [5, 5.41) is 7.49. The van der Waals surface area contributed by atoms with E-state index >= 15 is 0 Å². The summed E-state index contributed by atoms with van der Waals surface area (Å²) in [7, 11) is 0. The third-order valence-electron chi connectivity index (χ3n) is 4.92. The average molecular weight is 342 g/mol. The monoisotopic (exact) mass is 342 g/mol. The van der Waals surface area contributed by atoms with Gasteiger partial charge in [0.05, 0.1) is 11.2 Å². The molecule has 0 saturated heterocycles. The third-order valence-corrected chi connectivity index (χ3v) is 6.02. The molecule has 1 aromatic heterocycles. The lowest BCUT2D eigenvalue weighted by Gasteiger charge is -2.15. The van der Waals surface area contributed by atoms with Gasteiger partial charge in [-0.25, -0.2) is 0 Å². The summed E-state index contributed by atoms with van der Waals surface area (Å²) in [5.41, 5.74) is 6.03. The average Bonchev–Trinajstić information content (AvgIpc) is 3.12. The Balaban J connectivity index is 1.69. The van der Waals surface area contributed by atoms with Crippen LogP contribution in [0.3, 0.4) is 0 Å². The lowest BCUT2D eigenvalue weighted by molar-refractivity contribution is 1.16. The molecule has 0 radical (unpaired) electrons. The lowest BCUT2D eigenvalue weighted by atomic mass is 10.0. The molecule has 3 aromatic carbocycles. The Morgan fingerprint density at radius 3 is 2.80 bits per heavy atom. The third kappa shape index (κ3) is 2.47. The summed E-state index contributed by atoms with van der Waals surface area (Å²) >= 11 is 1.95. The summed E-state index contributed by atoms with van der Waals surface area (Å²) in [6, 6.07) is 19.4. The molecule has 2 heterocycles. The van der Waals surface area contributed by atoms with Gasteiger partial charge in [0.25, 0.3) is 0 Å². The smallest absolute Gasteiger partial charge is 0.0726 e. The molecular weight excluding hydrogens is 324 g/mol. The fraction of sp³-hybridized carbons (Fsp3) is 0.136. The number of rotatable bonds is 2. The number of aryl methyl sites for hydroxylation is 2. The van der Waals surface area contributed by atoms with E-state index in [1.54, 1.807) is 0 Å². The van der Waals surface area contributed by atoms with Crippen molar-refractivity contribution in [2.75, 3.05) is 11.1 Å². The fourth-order valence-electron chi connectivity index (χ4n) is 3.65. The minimum Gasteiger partial charge on any atom is -0.355 e. The van der Waals surface area contributed by atoms with Gasteiger partial charge in [-0.3, -0.25) is 4.98 Å². The maximum atomic E-state index is 4.66. The Labute approximate surface area is 151 Å². The molecule has 0 bridgehead atoms. The van der Waals surface area contributed by atoms with Crippen LogP contribution in [0, 0.1) is 6.92 Å². The molecule has 1 aliphatic rings. The Morgan fingerprint density at radius 2 is 1.88 bits per heavy atom. The zero-order chi connectivity index (χ0) is 16.8. The predicted molar refractivity (Wildman–Crippen MR) is 108 cm³/mol. The molecule has 1 aliphatic heterocycles. The van der Waals surface area contributed by atoms with Gasteiger partial charge in [0.1, 0.15) is 0 Å². The maximum Gasteiger partial charge on any atom is 0.0726 e. The van der Waals surface area contributed by atoms with Crippen LogP contribution in [0.2, 0.25) is 0 Å². The molecule has 0 amide bonds. The van der Waals surface area contributed by atoms with Crippen LogP contribution in [0.15, 0.2) is 65.7 Å². The van der Waals surface area contributed by atoms with E-state index in [4.69, 9.17) is 0 Å². The number of hydrogen-bond donors (Lipinski definition) is 1. The largest absolute Gasteiger partial charge is 0.355 e. The number of thioether (sulfide) groups is 1. The molecule has 0 saturated carbocycles. The summed E-state index contributed by atoms with van der Waals surface area (Å²) < 4.78 is 0. The number of anilines is 2. The van der Waals surface area contributed by atoms with Gasteiger partial charge in [0.2, 0.25) is 0 Å². The first-order valence-electron chi connectivity index (χ1n) is 8.59. The highest BCUT2D eigenvalue weighted by Crippen LogP contribution is 2.40. The quantitative estimate of drug-likeness (QED) is 0.477. The SMILES string of the molecule is Cc1cnc2ccc3c(c2c1Nc1ccc2ccccc2c1)CCS3. The van der Waals surface area contributed by atoms with Crippen LogP contribution in [0.1, 0.15) is 11.1 Å². The van der Waals surface area contributed by atoms with Crippen molar-refractivity contribution in [2.45, 2.75) is 18.2 Å². The summed E-state index contributed by atoms with van der Waals surface area (Å²) in [6.45, 7) is 2.14. The molecule has 122 valence electrons. The maximum absolute atomic E-state index is 4.66. The summed E-state index contributed by atoms with van der Waals surface area (Å²) in [6.07, 6.45) is 3.09. The van der Waals surface area contributed by atoms with E-state index in [1.807, 2.05) is 18.0 Å². The molecule has 0 atom stereocenters. The molecule has 3 heteroatoms. The molecule has 25 heavy (non-hydrogen) atoms. The first-order chi connectivity index (χ1) is 12.3. The second kappa shape index (κ2) is 5.78. The van der Waals surface area contributed by atoms with E-state index in [9.17, 15) is 0 Å². The van der Waals surface area contributed by atoms with E-state index < -0.39 is 0 Å². The highest BCUT2D eigenvalue weighted by Gasteiger charge is 2.18. The van der Waals surface area contributed by atoms with Crippen LogP contribution < -0.4 is 5.32 Å². The van der Waals surface area contributed by atoms with Crippen molar-refractivity contribution in [3.05, 3.63) is 71.9 Å². The van der Waals surface area contributed by atoms with Crippen molar-refractivity contribution >= 4 is 44.8 Å². The number of hydrogen-bond acceptors (Lipinski definition) is 3. The molecular formula is C22H18N2S. The van der Waals surface area contributed by atoms with Gasteiger partial charge in [-0.2, -0.15) is 0 Å². The molecule has 0 spiro atoms. The van der Waals surface area contributed by atoms with Crippen LogP contribution >= 0.6 is 11.8 Å². The highest BCUT2D eigenvalue weighted by molar-refractivity contribution is 7.99. The second-order valence-corrected chi connectivity index (χ2v) is 7.67. The topological polar surface area (TPSA) is 24.9 Å². The highest BCUT2D eigenvalue weighted by atomic mass is 32.2. The van der Waals surface area contributed by atoms with Gasteiger partial charge < -0.3 is 5.32 Å². The zero-order valence-corrected chi connectivity index (χ0v) is 14.9.